The van der Waals surface area contributed by atoms with Gasteiger partial charge in [-0.05, 0) is 19.2 Å². The Bertz CT molecular complexity index is 677. The van der Waals surface area contributed by atoms with Gasteiger partial charge in [-0.3, -0.25) is 9.59 Å². The summed E-state index contributed by atoms with van der Waals surface area (Å²) in [4.78, 5) is 26.1. The summed E-state index contributed by atoms with van der Waals surface area (Å²) in [5, 5.41) is 10.1. The molecule has 6 heteroatoms. The van der Waals surface area contributed by atoms with Gasteiger partial charge in [0.1, 0.15) is 0 Å². The van der Waals surface area contributed by atoms with Gasteiger partial charge in [-0.15, -0.1) is 0 Å². The predicted octanol–water partition coefficient (Wildman–Crippen LogP) is 0.995. The molecule has 0 saturated heterocycles. The first-order valence-electron chi connectivity index (χ1n) is 7.15. The number of hydrogen-bond acceptors (Lipinski definition) is 4. The van der Waals surface area contributed by atoms with E-state index in [0.717, 1.165) is 19.6 Å². The number of carbonyl (C=O) groups excluding carboxylic acids is 1. The van der Waals surface area contributed by atoms with Crippen molar-refractivity contribution in [2.75, 3.05) is 26.2 Å². The van der Waals surface area contributed by atoms with Crippen molar-refractivity contribution in [1.82, 2.24) is 20.4 Å². The van der Waals surface area contributed by atoms with Gasteiger partial charge in [-0.2, -0.15) is 5.10 Å². The van der Waals surface area contributed by atoms with Crippen LogP contribution in [0.3, 0.4) is 0 Å². The highest BCUT2D eigenvalue weighted by Crippen LogP contribution is 2.11. The van der Waals surface area contributed by atoms with Crippen LogP contribution in [-0.4, -0.2) is 47.2 Å². The summed E-state index contributed by atoms with van der Waals surface area (Å²) in [7, 11) is 0. The molecular weight excluding hydrogens is 268 g/mol. The van der Waals surface area contributed by atoms with Gasteiger partial charge in [0.2, 0.25) is 0 Å². The van der Waals surface area contributed by atoms with E-state index in [-0.39, 0.29) is 17.2 Å². The second-order valence-corrected chi connectivity index (χ2v) is 4.73. The van der Waals surface area contributed by atoms with Gasteiger partial charge in [0, 0.05) is 18.5 Å². The lowest BCUT2D eigenvalue weighted by atomic mass is 10.1. The number of hydrogen-bond donors (Lipinski definition) is 2. The zero-order valence-corrected chi connectivity index (χ0v) is 12.3. The smallest absolute Gasteiger partial charge is 0.272 e. The number of carbonyl (C=O) groups is 1. The first kappa shape index (κ1) is 15.2. The molecule has 0 spiro atoms. The maximum Gasteiger partial charge on any atom is 0.272 e. The Morgan fingerprint density at radius 1 is 1.24 bits per heavy atom. The number of amides is 1. The molecule has 6 nitrogen and oxygen atoms in total. The molecule has 0 bridgehead atoms. The molecule has 0 atom stereocenters. The summed E-state index contributed by atoms with van der Waals surface area (Å²) < 4.78 is 0. The second-order valence-electron chi connectivity index (χ2n) is 4.73. The minimum absolute atomic E-state index is 0.254. The monoisotopic (exact) mass is 288 g/mol. The molecule has 21 heavy (non-hydrogen) atoms. The third kappa shape index (κ3) is 3.46. The van der Waals surface area contributed by atoms with E-state index in [1.54, 1.807) is 24.3 Å². The zero-order chi connectivity index (χ0) is 15.2. The Labute approximate surface area is 123 Å². The van der Waals surface area contributed by atoms with Crippen LogP contribution in [0.1, 0.15) is 24.3 Å². The Hall–Kier alpha value is -2.21. The number of aromatic amines is 1. The van der Waals surface area contributed by atoms with Gasteiger partial charge in [0.25, 0.3) is 11.5 Å². The van der Waals surface area contributed by atoms with Crippen molar-refractivity contribution in [2.45, 2.75) is 13.8 Å². The minimum Gasteiger partial charge on any atom is -0.349 e. The molecule has 0 aliphatic rings. The quantitative estimate of drug-likeness (QED) is 0.831. The average molecular weight is 288 g/mol. The van der Waals surface area contributed by atoms with Crippen LogP contribution >= 0.6 is 0 Å². The molecule has 1 aromatic carbocycles. The predicted molar refractivity (Wildman–Crippen MR) is 82.5 cm³/mol. The van der Waals surface area contributed by atoms with Crippen LogP contribution in [-0.2, 0) is 0 Å². The zero-order valence-electron chi connectivity index (χ0n) is 12.3. The molecule has 1 heterocycles. The number of likely N-dealkylation sites (N-methyl/N-ethyl adjacent to an activating group) is 1. The number of nitrogens with one attached hydrogen (secondary N) is 2. The van der Waals surface area contributed by atoms with Gasteiger partial charge in [0.05, 0.1) is 5.39 Å². The van der Waals surface area contributed by atoms with Crippen molar-refractivity contribution in [1.29, 1.82) is 0 Å². The van der Waals surface area contributed by atoms with Gasteiger partial charge in [-0.25, -0.2) is 5.10 Å². The first-order valence-corrected chi connectivity index (χ1v) is 7.15. The Kier molecular flexibility index (Phi) is 5.05. The van der Waals surface area contributed by atoms with Gasteiger partial charge < -0.3 is 10.2 Å². The summed E-state index contributed by atoms with van der Waals surface area (Å²) in [5.41, 5.74) is -0.0324. The summed E-state index contributed by atoms with van der Waals surface area (Å²) >= 11 is 0. The van der Waals surface area contributed by atoms with E-state index in [2.05, 4.69) is 34.3 Å². The summed E-state index contributed by atoms with van der Waals surface area (Å²) in [6.07, 6.45) is 0. The van der Waals surface area contributed by atoms with Crippen molar-refractivity contribution in [2.24, 2.45) is 0 Å². The van der Waals surface area contributed by atoms with Crippen LogP contribution < -0.4 is 10.9 Å². The van der Waals surface area contributed by atoms with E-state index in [4.69, 9.17) is 0 Å². The largest absolute Gasteiger partial charge is 0.349 e. The topological polar surface area (TPSA) is 78.1 Å². The fourth-order valence-corrected chi connectivity index (χ4v) is 2.24. The van der Waals surface area contributed by atoms with E-state index in [9.17, 15) is 9.59 Å². The van der Waals surface area contributed by atoms with Crippen LogP contribution in [0.2, 0.25) is 0 Å². The van der Waals surface area contributed by atoms with E-state index in [1.807, 2.05) is 0 Å². The van der Waals surface area contributed by atoms with Gasteiger partial charge in [-0.1, -0.05) is 32.0 Å². The van der Waals surface area contributed by atoms with Crippen LogP contribution in [0, 0.1) is 0 Å². The summed E-state index contributed by atoms with van der Waals surface area (Å²) in [5.74, 6) is -0.269. The number of H-pyrrole nitrogens is 1. The van der Waals surface area contributed by atoms with Crippen molar-refractivity contribution < 1.29 is 4.79 Å². The summed E-state index contributed by atoms with van der Waals surface area (Å²) in [6, 6.07) is 6.97. The molecule has 112 valence electrons. The van der Waals surface area contributed by atoms with Crippen molar-refractivity contribution >= 4 is 16.7 Å². The molecule has 2 rings (SSSR count). The SMILES string of the molecule is CCN(CC)CCNC(=O)c1n[nH]c(=O)c2ccccc12. The maximum absolute atomic E-state index is 12.2. The third-order valence-electron chi connectivity index (χ3n) is 3.52. The second kappa shape index (κ2) is 6.99. The van der Waals surface area contributed by atoms with Crippen LogP contribution in [0.4, 0.5) is 0 Å². The van der Waals surface area contributed by atoms with E-state index in [0.29, 0.717) is 17.3 Å². The molecule has 0 saturated carbocycles. The Balaban J connectivity index is 2.13. The Morgan fingerprint density at radius 2 is 1.90 bits per heavy atom. The Morgan fingerprint density at radius 3 is 2.57 bits per heavy atom. The van der Waals surface area contributed by atoms with Crippen molar-refractivity contribution in [3.63, 3.8) is 0 Å². The first-order chi connectivity index (χ1) is 10.2. The molecule has 0 radical (unpaired) electrons. The molecule has 1 amide bonds. The van der Waals surface area contributed by atoms with Crippen LogP contribution in [0.25, 0.3) is 10.8 Å². The molecule has 2 N–H and O–H groups in total. The summed E-state index contributed by atoms with van der Waals surface area (Å²) in [6.45, 7) is 7.42. The molecular formula is C15H20N4O2. The average Bonchev–Trinajstić information content (AvgIpc) is 2.52. The minimum atomic E-state index is -0.287. The molecule has 1 aromatic heterocycles. The number of fused-ring (bicyclic) bond motifs is 1. The highest BCUT2D eigenvalue weighted by Gasteiger charge is 2.13. The van der Waals surface area contributed by atoms with E-state index >= 15 is 0 Å². The number of rotatable bonds is 6. The van der Waals surface area contributed by atoms with Crippen LogP contribution in [0.15, 0.2) is 29.1 Å². The van der Waals surface area contributed by atoms with E-state index in [1.165, 1.54) is 0 Å². The highest BCUT2D eigenvalue weighted by atomic mass is 16.2. The molecule has 2 aromatic rings. The molecule has 0 fully saturated rings. The third-order valence-corrected chi connectivity index (χ3v) is 3.52. The van der Waals surface area contributed by atoms with E-state index < -0.39 is 0 Å². The number of benzene rings is 1. The normalized spacial score (nSPS) is 11.0. The molecule has 0 aliphatic heterocycles. The van der Waals surface area contributed by atoms with Gasteiger partial charge in [0.15, 0.2) is 5.69 Å². The van der Waals surface area contributed by atoms with Crippen molar-refractivity contribution in [3.8, 4) is 0 Å². The number of aromatic nitrogens is 2. The molecule has 0 aliphatic carbocycles. The lowest BCUT2D eigenvalue weighted by molar-refractivity contribution is 0.0944. The lowest BCUT2D eigenvalue weighted by Crippen LogP contribution is -2.35. The standard InChI is InChI=1S/C15H20N4O2/c1-3-19(4-2)10-9-16-15(21)13-11-7-5-6-8-12(11)14(20)18-17-13/h5-8H,3-4,9-10H2,1-2H3,(H,16,21)(H,18,20). The fourth-order valence-electron chi connectivity index (χ4n) is 2.24. The molecule has 0 unspecified atom stereocenters. The lowest BCUT2D eigenvalue weighted by Gasteiger charge is -2.17. The number of nitrogens with zero attached hydrogens (tertiary/aromatic N) is 2. The fraction of sp³-hybridized carbons (Fsp3) is 0.400. The maximum atomic E-state index is 12.2. The van der Waals surface area contributed by atoms with Crippen molar-refractivity contribution in [3.05, 3.63) is 40.3 Å². The highest BCUT2D eigenvalue weighted by molar-refractivity contribution is 6.04. The van der Waals surface area contributed by atoms with Gasteiger partial charge >= 0.3 is 0 Å². The van der Waals surface area contributed by atoms with Crippen LogP contribution in [0.5, 0.6) is 0 Å².